The summed E-state index contributed by atoms with van der Waals surface area (Å²) < 4.78 is 0. The van der Waals surface area contributed by atoms with Crippen molar-refractivity contribution < 1.29 is 9.59 Å². The number of hydrogen-bond acceptors (Lipinski definition) is 3. The van der Waals surface area contributed by atoms with Gasteiger partial charge in [0.2, 0.25) is 11.8 Å². The number of nitrogens with zero attached hydrogens (tertiary/aromatic N) is 2. The number of hydrogen-bond donors (Lipinski definition) is 1. The van der Waals surface area contributed by atoms with Gasteiger partial charge in [0.25, 0.3) is 0 Å². The van der Waals surface area contributed by atoms with Crippen molar-refractivity contribution in [1.29, 1.82) is 0 Å². The van der Waals surface area contributed by atoms with Crippen LogP contribution in [0.3, 0.4) is 0 Å². The summed E-state index contributed by atoms with van der Waals surface area (Å²) in [5.74, 6) is 0.00565. The molecule has 31 heavy (non-hydrogen) atoms. The Morgan fingerprint density at radius 2 is 1.61 bits per heavy atom. The van der Waals surface area contributed by atoms with Gasteiger partial charge in [0.05, 0.1) is 0 Å². The molecule has 0 spiro atoms. The fraction of sp³-hybridized carbons (Fsp3) is 0.462. The number of amides is 2. The molecule has 168 valence electrons. The molecule has 2 rings (SSSR count). The van der Waals surface area contributed by atoms with Crippen LogP contribution >= 0.6 is 0 Å². The molecule has 2 aromatic rings. The molecule has 0 radical (unpaired) electrons. The van der Waals surface area contributed by atoms with E-state index in [2.05, 4.69) is 26.1 Å². The van der Waals surface area contributed by atoms with E-state index in [1.54, 1.807) is 0 Å². The van der Waals surface area contributed by atoms with E-state index in [4.69, 9.17) is 0 Å². The van der Waals surface area contributed by atoms with Crippen molar-refractivity contribution in [3.05, 3.63) is 59.7 Å². The summed E-state index contributed by atoms with van der Waals surface area (Å²) in [6.07, 6.45) is 0.473. The first-order chi connectivity index (χ1) is 14.5. The minimum Gasteiger partial charge on any atom is -0.377 e. The topological polar surface area (TPSA) is 52.7 Å². The minimum absolute atomic E-state index is 0.0199. The van der Waals surface area contributed by atoms with E-state index in [1.807, 2.05) is 86.3 Å². The maximum Gasteiger partial charge on any atom is 0.226 e. The molecular weight excluding hydrogens is 386 g/mol. The molecule has 2 amide bonds. The van der Waals surface area contributed by atoms with Crippen LogP contribution in [0.15, 0.2) is 48.5 Å². The largest absolute Gasteiger partial charge is 0.377 e. The molecule has 0 heterocycles. The molecule has 1 N–H and O–H groups in total. The molecule has 0 aliphatic heterocycles. The van der Waals surface area contributed by atoms with Gasteiger partial charge in [-0.2, -0.15) is 0 Å². The molecule has 0 unspecified atom stereocenters. The molecule has 0 aromatic heterocycles. The van der Waals surface area contributed by atoms with Gasteiger partial charge in [-0.15, -0.1) is 0 Å². The minimum atomic E-state index is -0.0973. The lowest BCUT2D eigenvalue weighted by Gasteiger charge is -2.29. The number of benzene rings is 2. The number of carbonyl (C=O) groups is 2. The lowest BCUT2D eigenvalue weighted by molar-refractivity contribution is -0.134. The predicted octanol–water partition coefficient (Wildman–Crippen LogP) is 5.31. The zero-order chi connectivity index (χ0) is 23.2. The van der Waals surface area contributed by atoms with Gasteiger partial charge in [0, 0.05) is 50.9 Å². The van der Waals surface area contributed by atoms with Crippen molar-refractivity contribution in [1.82, 2.24) is 4.90 Å². The Balaban J connectivity index is 2.37. The normalized spacial score (nSPS) is 11.4. The number of anilines is 2. The van der Waals surface area contributed by atoms with Gasteiger partial charge in [-0.3, -0.25) is 9.59 Å². The number of nitrogens with one attached hydrogen (secondary N) is 1. The molecule has 0 aliphatic rings. The second-order valence-corrected chi connectivity index (χ2v) is 9.85. The summed E-state index contributed by atoms with van der Waals surface area (Å²) in [4.78, 5) is 29.4. The third kappa shape index (κ3) is 7.74. The summed E-state index contributed by atoms with van der Waals surface area (Å²) in [7, 11) is 3.98. The first-order valence-corrected chi connectivity index (χ1v) is 10.9. The third-order valence-electron chi connectivity index (χ3n) is 4.96. The van der Waals surface area contributed by atoms with E-state index in [9.17, 15) is 9.59 Å². The molecule has 5 nitrogen and oxygen atoms in total. The van der Waals surface area contributed by atoms with Crippen molar-refractivity contribution in [3.63, 3.8) is 0 Å². The lowest BCUT2D eigenvalue weighted by atomic mass is 9.91. The molecule has 0 saturated carbocycles. The summed E-state index contributed by atoms with van der Waals surface area (Å²) in [5.41, 5.74) is 3.79. The van der Waals surface area contributed by atoms with E-state index in [0.717, 1.165) is 22.5 Å². The van der Waals surface area contributed by atoms with Crippen LogP contribution < -0.4 is 10.2 Å². The summed E-state index contributed by atoms with van der Waals surface area (Å²) in [5, 5.41) is 2.98. The lowest BCUT2D eigenvalue weighted by Crippen LogP contribution is -2.33. The summed E-state index contributed by atoms with van der Waals surface area (Å²) >= 11 is 0. The van der Waals surface area contributed by atoms with Gasteiger partial charge in [-0.1, -0.05) is 65.0 Å². The van der Waals surface area contributed by atoms with E-state index < -0.39 is 0 Å². The van der Waals surface area contributed by atoms with Gasteiger partial charge in [-0.05, 0) is 34.7 Å². The van der Waals surface area contributed by atoms with Crippen LogP contribution in [0, 0.1) is 11.3 Å². The smallest absolute Gasteiger partial charge is 0.226 e. The maximum absolute atomic E-state index is 13.2. The number of carbonyl (C=O) groups excluding carboxylic acids is 2. The van der Waals surface area contributed by atoms with Crippen LogP contribution in [-0.2, 0) is 22.7 Å². The molecule has 5 heteroatoms. The Labute approximate surface area is 187 Å². The number of rotatable bonds is 8. The fourth-order valence-electron chi connectivity index (χ4n) is 3.32. The Morgan fingerprint density at radius 3 is 2.16 bits per heavy atom. The highest BCUT2D eigenvalue weighted by Crippen LogP contribution is 2.27. The van der Waals surface area contributed by atoms with Crippen molar-refractivity contribution in [3.8, 4) is 0 Å². The summed E-state index contributed by atoms with van der Waals surface area (Å²) in [6, 6.07) is 16.0. The van der Waals surface area contributed by atoms with Gasteiger partial charge >= 0.3 is 0 Å². The summed E-state index contributed by atoms with van der Waals surface area (Å²) in [6.45, 7) is 11.0. The van der Waals surface area contributed by atoms with E-state index in [1.165, 1.54) is 0 Å². The van der Waals surface area contributed by atoms with Gasteiger partial charge in [-0.25, -0.2) is 0 Å². The zero-order valence-electron chi connectivity index (χ0n) is 20.0. The van der Waals surface area contributed by atoms with Crippen LogP contribution in [0.1, 0.15) is 52.2 Å². The zero-order valence-corrected chi connectivity index (χ0v) is 20.0. The SMILES string of the molecule is CC(C)C(=O)Nc1ccc(N(C)C)c(CN(Cc2ccccc2)C(=O)CC(C)(C)C)c1. The Kier molecular flexibility index (Phi) is 8.26. The monoisotopic (exact) mass is 423 g/mol. The predicted molar refractivity (Wildman–Crippen MR) is 129 cm³/mol. The molecule has 0 atom stereocenters. The van der Waals surface area contributed by atoms with Crippen LogP contribution in [0.4, 0.5) is 11.4 Å². The van der Waals surface area contributed by atoms with Crippen LogP contribution in [0.2, 0.25) is 0 Å². The average molecular weight is 424 g/mol. The van der Waals surface area contributed by atoms with Gasteiger partial charge < -0.3 is 15.1 Å². The molecule has 0 saturated heterocycles. The van der Waals surface area contributed by atoms with E-state index in [-0.39, 0.29) is 23.1 Å². The highest BCUT2D eigenvalue weighted by Gasteiger charge is 2.23. The van der Waals surface area contributed by atoms with Crippen molar-refractivity contribution in [2.24, 2.45) is 11.3 Å². The Bertz CT molecular complexity index is 883. The fourth-order valence-corrected chi connectivity index (χ4v) is 3.32. The highest BCUT2D eigenvalue weighted by atomic mass is 16.2. The quantitative estimate of drug-likeness (QED) is 0.626. The van der Waals surface area contributed by atoms with Gasteiger partial charge in [0.15, 0.2) is 0 Å². The molecule has 2 aromatic carbocycles. The van der Waals surface area contributed by atoms with Crippen LogP contribution in [0.25, 0.3) is 0 Å². The second kappa shape index (κ2) is 10.5. The van der Waals surface area contributed by atoms with Crippen molar-refractivity contribution in [2.45, 2.75) is 54.1 Å². The third-order valence-corrected chi connectivity index (χ3v) is 4.96. The van der Waals surface area contributed by atoms with Gasteiger partial charge in [0.1, 0.15) is 0 Å². The molecule has 0 fully saturated rings. The highest BCUT2D eigenvalue weighted by molar-refractivity contribution is 5.92. The Hall–Kier alpha value is -2.82. The van der Waals surface area contributed by atoms with E-state index in [0.29, 0.717) is 19.5 Å². The van der Waals surface area contributed by atoms with Crippen molar-refractivity contribution >= 4 is 23.2 Å². The first-order valence-electron chi connectivity index (χ1n) is 10.9. The van der Waals surface area contributed by atoms with Crippen LogP contribution in [-0.4, -0.2) is 30.8 Å². The second-order valence-electron chi connectivity index (χ2n) is 9.85. The molecule has 0 aliphatic carbocycles. The van der Waals surface area contributed by atoms with E-state index >= 15 is 0 Å². The standard InChI is InChI=1S/C26H37N3O2/c1-19(2)25(31)27-22-13-14-23(28(6)7)21(15-22)18-29(24(30)16-26(3,4)5)17-20-11-9-8-10-12-20/h8-15,19H,16-18H2,1-7H3,(H,27,31). The van der Waals surface area contributed by atoms with Crippen LogP contribution in [0.5, 0.6) is 0 Å². The molecule has 0 bridgehead atoms. The van der Waals surface area contributed by atoms with Crippen molar-refractivity contribution in [2.75, 3.05) is 24.3 Å². The first kappa shape index (κ1) is 24.4. The average Bonchev–Trinajstić information content (AvgIpc) is 2.66. The maximum atomic E-state index is 13.2. The Morgan fingerprint density at radius 1 is 0.968 bits per heavy atom. The molecular formula is C26H37N3O2.